The largest absolute Gasteiger partial charge is 0.262 e. The van der Waals surface area contributed by atoms with E-state index >= 15 is 0 Å². The van der Waals surface area contributed by atoms with Crippen LogP contribution in [0.5, 0.6) is 0 Å². The minimum absolute atomic E-state index is 1.07. The van der Waals surface area contributed by atoms with Gasteiger partial charge in [-0.3, -0.25) is 4.98 Å². The molecule has 1 heterocycles. The van der Waals surface area contributed by atoms with E-state index in [0.29, 0.717) is 0 Å². The second kappa shape index (κ2) is 5.23. The standard InChI is InChI=1S/C18H17N/c1-14-12-16(10-11-19-14)7-6-15-8-9-17-4-2-3-5-18(17)13-15/h2-5,8-13H,6-7H2,1H3. The Morgan fingerprint density at radius 3 is 2.32 bits per heavy atom. The molecule has 0 atom stereocenters. The number of pyridine rings is 1. The molecule has 0 bridgehead atoms. The molecule has 1 nitrogen and oxygen atoms in total. The van der Waals surface area contributed by atoms with Gasteiger partial charge in [0.05, 0.1) is 0 Å². The molecule has 0 spiro atoms. The number of nitrogens with zero attached hydrogens (tertiary/aromatic N) is 1. The van der Waals surface area contributed by atoms with Crippen molar-refractivity contribution < 1.29 is 0 Å². The van der Waals surface area contributed by atoms with Crippen molar-refractivity contribution in [2.45, 2.75) is 19.8 Å². The average molecular weight is 247 g/mol. The number of aryl methyl sites for hydroxylation is 3. The highest BCUT2D eigenvalue weighted by atomic mass is 14.6. The third-order valence-corrected chi connectivity index (χ3v) is 3.48. The van der Waals surface area contributed by atoms with Crippen molar-refractivity contribution in [1.29, 1.82) is 0 Å². The van der Waals surface area contributed by atoms with E-state index < -0.39 is 0 Å². The van der Waals surface area contributed by atoms with E-state index in [4.69, 9.17) is 0 Å². The Labute approximate surface area is 113 Å². The van der Waals surface area contributed by atoms with Crippen LogP contribution in [0.4, 0.5) is 0 Å². The van der Waals surface area contributed by atoms with E-state index in [0.717, 1.165) is 18.5 Å². The molecular formula is C18H17N. The van der Waals surface area contributed by atoms with Gasteiger partial charge in [0.2, 0.25) is 0 Å². The fraction of sp³-hybridized carbons (Fsp3) is 0.167. The monoisotopic (exact) mass is 247 g/mol. The van der Waals surface area contributed by atoms with Crippen molar-refractivity contribution in [1.82, 2.24) is 4.98 Å². The summed E-state index contributed by atoms with van der Waals surface area (Å²) in [5.74, 6) is 0. The molecule has 1 heteroatoms. The molecule has 3 aromatic rings. The Morgan fingerprint density at radius 1 is 0.789 bits per heavy atom. The lowest BCUT2D eigenvalue weighted by Crippen LogP contribution is -1.93. The van der Waals surface area contributed by atoms with Crippen molar-refractivity contribution in [2.24, 2.45) is 0 Å². The van der Waals surface area contributed by atoms with Gasteiger partial charge in [-0.15, -0.1) is 0 Å². The first kappa shape index (κ1) is 11.9. The lowest BCUT2D eigenvalue weighted by atomic mass is 10.0. The fourth-order valence-electron chi connectivity index (χ4n) is 2.44. The van der Waals surface area contributed by atoms with Crippen molar-refractivity contribution in [2.75, 3.05) is 0 Å². The van der Waals surface area contributed by atoms with E-state index in [9.17, 15) is 0 Å². The summed E-state index contributed by atoms with van der Waals surface area (Å²) in [7, 11) is 0. The Morgan fingerprint density at radius 2 is 1.53 bits per heavy atom. The van der Waals surface area contributed by atoms with Gasteiger partial charge in [-0.1, -0.05) is 42.5 Å². The number of fused-ring (bicyclic) bond motifs is 1. The first-order chi connectivity index (χ1) is 9.31. The second-order valence-corrected chi connectivity index (χ2v) is 4.99. The average Bonchev–Trinajstić information content (AvgIpc) is 2.45. The lowest BCUT2D eigenvalue weighted by molar-refractivity contribution is 0.952. The van der Waals surface area contributed by atoms with Crippen LogP contribution >= 0.6 is 0 Å². The van der Waals surface area contributed by atoms with Gasteiger partial charge in [-0.05, 0) is 53.8 Å². The van der Waals surface area contributed by atoms with Gasteiger partial charge in [0.25, 0.3) is 0 Å². The molecule has 0 N–H and O–H groups in total. The second-order valence-electron chi connectivity index (χ2n) is 4.99. The van der Waals surface area contributed by atoms with Gasteiger partial charge in [0, 0.05) is 11.9 Å². The van der Waals surface area contributed by atoms with Gasteiger partial charge in [0.1, 0.15) is 0 Å². The maximum Gasteiger partial charge on any atom is 0.0375 e. The molecule has 0 saturated carbocycles. The number of hydrogen-bond donors (Lipinski definition) is 0. The molecule has 0 saturated heterocycles. The fourth-order valence-corrected chi connectivity index (χ4v) is 2.44. The molecule has 0 radical (unpaired) electrons. The Hall–Kier alpha value is -2.15. The molecule has 3 rings (SSSR count). The third-order valence-electron chi connectivity index (χ3n) is 3.48. The van der Waals surface area contributed by atoms with E-state index in [1.165, 1.54) is 21.9 Å². The highest BCUT2D eigenvalue weighted by Crippen LogP contribution is 2.17. The van der Waals surface area contributed by atoms with Gasteiger partial charge >= 0.3 is 0 Å². The van der Waals surface area contributed by atoms with Crippen molar-refractivity contribution in [3.05, 3.63) is 77.6 Å². The summed E-state index contributed by atoms with van der Waals surface area (Å²) < 4.78 is 0. The zero-order chi connectivity index (χ0) is 13.1. The van der Waals surface area contributed by atoms with Gasteiger partial charge < -0.3 is 0 Å². The summed E-state index contributed by atoms with van der Waals surface area (Å²) in [5.41, 5.74) is 3.85. The molecule has 0 fully saturated rings. The SMILES string of the molecule is Cc1cc(CCc2ccc3ccccc3c2)ccn1. The van der Waals surface area contributed by atoms with E-state index in [1.807, 2.05) is 13.1 Å². The van der Waals surface area contributed by atoms with Gasteiger partial charge in [-0.25, -0.2) is 0 Å². The van der Waals surface area contributed by atoms with Crippen molar-refractivity contribution >= 4 is 10.8 Å². The van der Waals surface area contributed by atoms with Crippen LogP contribution in [-0.4, -0.2) is 4.98 Å². The Balaban J connectivity index is 1.78. The number of rotatable bonds is 3. The normalized spacial score (nSPS) is 10.8. The van der Waals surface area contributed by atoms with Crippen LogP contribution < -0.4 is 0 Å². The lowest BCUT2D eigenvalue weighted by Gasteiger charge is -2.05. The summed E-state index contributed by atoms with van der Waals surface area (Å²) in [6, 6.07) is 19.5. The van der Waals surface area contributed by atoms with Crippen LogP contribution in [0.3, 0.4) is 0 Å². The Kier molecular flexibility index (Phi) is 3.28. The maximum absolute atomic E-state index is 4.24. The summed E-state index contributed by atoms with van der Waals surface area (Å²) >= 11 is 0. The molecule has 0 aliphatic rings. The zero-order valence-electron chi connectivity index (χ0n) is 11.1. The summed E-state index contributed by atoms with van der Waals surface area (Å²) in [6.07, 6.45) is 4.04. The molecule has 94 valence electrons. The molecule has 0 amide bonds. The molecule has 0 unspecified atom stereocenters. The van der Waals surface area contributed by atoms with E-state index in [1.54, 1.807) is 0 Å². The topological polar surface area (TPSA) is 12.9 Å². The molecular weight excluding hydrogens is 230 g/mol. The summed E-state index contributed by atoms with van der Waals surface area (Å²) in [4.78, 5) is 4.24. The third kappa shape index (κ3) is 2.82. The molecule has 19 heavy (non-hydrogen) atoms. The van der Waals surface area contributed by atoms with E-state index in [-0.39, 0.29) is 0 Å². The number of hydrogen-bond acceptors (Lipinski definition) is 1. The van der Waals surface area contributed by atoms with Crippen LogP contribution in [0.1, 0.15) is 16.8 Å². The molecule has 0 aliphatic heterocycles. The minimum Gasteiger partial charge on any atom is -0.262 e. The van der Waals surface area contributed by atoms with Crippen LogP contribution in [0, 0.1) is 6.92 Å². The van der Waals surface area contributed by atoms with Gasteiger partial charge in [-0.2, -0.15) is 0 Å². The maximum atomic E-state index is 4.24. The van der Waals surface area contributed by atoms with Crippen LogP contribution in [0.25, 0.3) is 10.8 Å². The number of aromatic nitrogens is 1. The van der Waals surface area contributed by atoms with E-state index in [2.05, 4.69) is 59.6 Å². The van der Waals surface area contributed by atoms with Crippen molar-refractivity contribution in [3.8, 4) is 0 Å². The minimum atomic E-state index is 1.07. The zero-order valence-corrected chi connectivity index (χ0v) is 11.1. The first-order valence-corrected chi connectivity index (χ1v) is 6.70. The predicted molar refractivity (Wildman–Crippen MR) is 80.3 cm³/mol. The quantitative estimate of drug-likeness (QED) is 0.671. The predicted octanol–water partition coefficient (Wildman–Crippen LogP) is 4.33. The highest BCUT2D eigenvalue weighted by Gasteiger charge is 1.99. The highest BCUT2D eigenvalue weighted by molar-refractivity contribution is 5.82. The smallest absolute Gasteiger partial charge is 0.0375 e. The summed E-state index contributed by atoms with van der Waals surface area (Å²) in [5, 5.41) is 2.64. The van der Waals surface area contributed by atoms with Crippen LogP contribution in [0.2, 0.25) is 0 Å². The summed E-state index contributed by atoms with van der Waals surface area (Å²) in [6.45, 7) is 2.04. The molecule has 2 aromatic carbocycles. The molecule has 1 aromatic heterocycles. The molecule has 0 aliphatic carbocycles. The van der Waals surface area contributed by atoms with Crippen LogP contribution in [0.15, 0.2) is 60.8 Å². The van der Waals surface area contributed by atoms with Crippen molar-refractivity contribution in [3.63, 3.8) is 0 Å². The Bertz CT molecular complexity index is 701. The van der Waals surface area contributed by atoms with Crippen LogP contribution in [-0.2, 0) is 12.8 Å². The van der Waals surface area contributed by atoms with Gasteiger partial charge in [0.15, 0.2) is 0 Å². The first-order valence-electron chi connectivity index (χ1n) is 6.70. The number of benzene rings is 2.